The number of carbonyl (C=O) groups excluding carboxylic acids is 3. The molecule has 0 spiro atoms. The fourth-order valence-corrected chi connectivity index (χ4v) is 2.09. The molecule has 0 atom stereocenters. The largest absolute Gasteiger partial charge is 0.484 e. The van der Waals surface area contributed by atoms with E-state index >= 15 is 0 Å². The third-order valence-corrected chi connectivity index (χ3v) is 3.38. The average Bonchev–Trinajstić information content (AvgIpc) is 2.56. The topological polar surface area (TPSA) is 75.7 Å². The van der Waals surface area contributed by atoms with Gasteiger partial charge in [0.2, 0.25) is 5.91 Å². The Morgan fingerprint density at radius 1 is 1.12 bits per heavy atom. The highest BCUT2D eigenvalue weighted by atomic mass is 16.5. The van der Waals surface area contributed by atoms with Crippen LogP contribution >= 0.6 is 0 Å². The van der Waals surface area contributed by atoms with E-state index in [0.29, 0.717) is 24.3 Å². The quantitative estimate of drug-likeness (QED) is 0.701. The molecule has 0 saturated heterocycles. The standard InChI is InChI=1S/C18H26N2O4/c1-5-16(21)14-7-9-15(10-8-14)24-12-18(23)20(6-2)11-17(22)19-13(3)4/h7-10,13H,5-6,11-12H2,1-4H3,(H,19,22). The van der Waals surface area contributed by atoms with E-state index in [4.69, 9.17) is 4.74 Å². The molecule has 2 amide bonds. The van der Waals surface area contributed by atoms with Crippen molar-refractivity contribution < 1.29 is 19.1 Å². The summed E-state index contributed by atoms with van der Waals surface area (Å²) in [5, 5.41) is 2.75. The third-order valence-electron chi connectivity index (χ3n) is 3.38. The Kier molecular flexibility index (Phi) is 7.95. The zero-order valence-corrected chi connectivity index (χ0v) is 14.8. The van der Waals surface area contributed by atoms with Crippen LogP contribution < -0.4 is 10.1 Å². The molecule has 6 heteroatoms. The molecule has 0 aliphatic carbocycles. The Bertz CT molecular complexity index is 567. The van der Waals surface area contributed by atoms with E-state index in [1.807, 2.05) is 20.8 Å². The van der Waals surface area contributed by atoms with Gasteiger partial charge in [-0.1, -0.05) is 6.92 Å². The number of rotatable bonds is 9. The maximum Gasteiger partial charge on any atom is 0.260 e. The van der Waals surface area contributed by atoms with Gasteiger partial charge in [0.15, 0.2) is 12.4 Å². The Morgan fingerprint density at radius 3 is 2.25 bits per heavy atom. The van der Waals surface area contributed by atoms with Crippen LogP contribution in [0.2, 0.25) is 0 Å². The minimum Gasteiger partial charge on any atom is -0.484 e. The number of amides is 2. The molecule has 1 aromatic carbocycles. The Hall–Kier alpha value is -2.37. The van der Waals surface area contributed by atoms with E-state index in [1.54, 1.807) is 31.2 Å². The molecule has 24 heavy (non-hydrogen) atoms. The van der Waals surface area contributed by atoms with Gasteiger partial charge >= 0.3 is 0 Å². The summed E-state index contributed by atoms with van der Waals surface area (Å²) < 4.78 is 5.45. The summed E-state index contributed by atoms with van der Waals surface area (Å²) in [6.45, 7) is 7.65. The number of hydrogen-bond acceptors (Lipinski definition) is 4. The lowest BCUT2D eigenvalue weighted by Gasteiger charge is -2.21. The Labute approximate surface area is 143 Å². The van der Waals surface area contributed by atoms with Crippen LogP contribution in [0.5, 0.6) is 5.75 Å². The van der Waals surface area contributed by atoms with Gasteiger partial charge in [-0.25, -0.2) is 0 Å². The lowest BCUT2D eigenvalue weighted by atomic mass is 10.1. The van der Waals surface area contributed by atoms with Crippen molar-refractivity contribution in [3.8, 4) is 5.75 Å². The molecule has 0 unspecified atom stereocenters. The molecule has 0 aliphatic rings. The molecule has 1 N–H and O–H groups in total. The van der Waals surface area contributed by atoms with Crippen molar-refractivity contribution in [2.75, 3.05) is 19.7 Å². The molecule has 132 valence electrons. The lowest BCUT2D eigenvalue weighted by molar-refractivity contribution is -0.137. The van der Waals surface area contributed by atoms with Gasteiger partial charge in [0.1, 0.15) is 5.75 Å². The van der Waals surface area contributed by atoms with Gasteiger partial charge in [-0.2, -0.15) is 0 Å². The fourth-order valence-electron chi connectivity index (χ4n) is 2.09. The zero-order valence-electron chi connectivity index (χ0n) is 14.8. The van der Waals surface area contributed by atoms with Crippen molar-refractivity contribution in [2.45, 2.75) is 40.2 Å². The van der Waals surface area contributed by atoms with Gasteiger partial charge in [0.05, 0.1) is 6.54 Å². The van der Waals surface area contributed by atoms with Crippen LogP contribution in [0.4, 0.5) is 0 Å². The molecular formula is C18H26N2O4. The van der Waals surface area contributed by atoms with Crippen LogP contribution in [0.25, 0.3) is 0 Å². The van der Waals surface area contributed by atoms with Crippen molar-refractivity contribution in [3.63, 3.8) is 0 Å². The maximum absolute atomic E-state index is 12.2. The summed E-state index contributed by atoms with van der Waals surface area (Å²) in [6.07, 6.45) is 0.447. The highest BCUT2D eigenvalue weighted by molar-refractivity contribution is 5.95. The van der Waals surface area contributed by atoms with Crippen molar-refractivity contribution >= 4 is 17.6 Å². The monoisotopic (exact) mass is 334 g/mol. The molecule has 0 bridgehead atoms. The summed E-state index contributed by atoms with van der Waals surface area (Å²) in [5.74, 6) is 0.123. The third kappa shape index (κ3) is 6.40. The smallest absolute Gasteiger partial charge is 0.260 e. The van der Waals surface area contributed by atoms with Gasteiger partial charge in [-0.15, -0.1) is 0 Å². The lowest BCUT2D eigenvalue weighted by Crippen LogP contribution is -2.44. The molecular weight excluding hydrogens is 308 g/mol. The molecule has 1 aromatic rings. The van der Waals surface area contributed by atoms with E-state index in [0.717, 1.165) is 0 Å². The highest BCUT2D eigenvalue weighted by Crippen LogP contribution is 2.13. The number of hydrogen-bond donors (Lipinski definition) is 1. The van der Waals surface area contributed by atoms with Crippen molar-refractivity contribution in [2.24, 2.45) is 0 Å². The first kappa shape index (κ1) is 19.7. The first-order chi connectivity index (χ1) is 11.4. The maximum atomic E-state index is 12.2. The number of nitrogens with zero attached hydrogens (tertiary/aromatic N) is 1. The van der Waals surface area contributed by atoms with Crippen LogP contribution in [0.1, 0.15) is 44.5 Å². The van der Waals surface area contributed by atoms with Gasteiger partial charge in [0, 0.05) is 24.6 Å². The van der Waals surface area contributed by atoms with E-state index in [1.165, 1.54) is 4.90 Å². The summed E-state index contributed by atoms with van der Waals surface area (Å²) in [5.41, 5.74) is 0.622. The first-order valence-electron chi connectivity index (χ1n) is 8.20. The second-order valence-corrected chi connectivity index (χ2v) is 5.72. The number of nitrogens with one attached hydrogen (secondary N) is 1. The van der Waals surface area contributed by atoms with Crippen LogP contribution in [0.15, 0.2) is 24.3 Å². The highest BCUT2D eigenvalue weighted by Gasteiger charge is 2.16. The molecule has 0 saturated carbocycles. The first-order valence-corrected chi connectivity index (χ1v) is 8.20. The Balaban J connectivity index is 2.54. The zero-order chi connectivity index (χ0) is 18.1. The predicted molar refractivity (Wildman–Crippen MR) is 92.1 cm³/mol. The second kappa shape index (κ2) is 9.70. The van der Waals surface area contributed by atoms with E-state index in [-0.39, 0.29) is 36.8 Å². The minimum absolute atomic E-state index is 0.0147. The molecule has 0 aromatic heterocycles. The van der Waals surface area contributed by atoms with Gasteiger partial charge < -0.3 is 15.0 Å². The van der Waals surface area contributed by atoms with Crippen LogP contribution in [-0.2, 0) is 9.59 Å². The Morgan fingerprint density at radius 2 is 1.75 bits per heavy atom. The number of likely N-dealkylation sites (N-methyl/N-ethyl adjacent to an activating group) is 1. The van der Waals surface area contributed by atoms with Crippen molar-refractivity contribution in [3.05, 3.63) is 29.8 Å². The van der Waals surface area contributed by atoms with E-state index in [9.17, 15) is 14.4 Å². The summed E-state index contributed by atoms with van der Waals surface area (Å²) in [7, 11) is 0. The van der Waals surface area contributed by atoms with Crippen LogP contribution in [0.3, 0.4) is 0 Å². The van der Waals surface area contributed by atoms with Gasteiger partial charge in [-0.05, 0) is 45.0 Å². The molecule has 6 nitrogen and oxygen atoms in total. The number of benzene rings is 1. The number of Topliss-reactive ketones (excluding diaryl/α,β-unsaturated/α-hetero) is 1. The number of ether oxygens (including phenoxy) is 1. The summed E-state index contributed by atoms with van der Waals surface area (Å²) >= 11 is 0. The number of ketones is 1. The second-order valence-electron chi connectivity index (χ2n) is 5.72. The molecule has 0 fully saturated rings. The van der Waals surface area contributed by atoms with Crippen molar-refractivity contribution in [1.29, 1.82) is 0 Å². The van der Waals surface area contributed by atoms with Crippen LogP contribution in [0, 0.1) is 0 Å². The van der Waals surface area contributed by atoms with Crippen molar-refractivity contribution in [1.82, 2.24) is 10.2 Å². The fraction of sp³-hybridized carbons (Fsp3) is 0.500. The normalized spacial score (nSPS) is 10.4. The molecule has 0 radical (unpaired) electrons. The van der Waals surface area contributed by atoms with E-state index < -0.39 is 0 Å². The molecule has 0 heterocycles. The molecule has 1 rings (SSSR count). The minimum atomic E-state index is -0.259. The SMILES string of the molecule is CCC(=O)c1ccc(OCC(=O)N(CC)CC(=O)NC(C)C)cc1. The summed E-state index contributed by atoms with van der Waals surface area (Å²) in [4.78, 5) is 36.9. The number of carbonyl (C=O) groups is 3. The summed E-state index contributed by atoms with van der Waals surface area (Å²) in [6, 6.07) is 6.72. The average molecular weight is 334 g/mol. The van der Waals surface area contributed by atoms with Gasteiger partial charge in [0.25, 0.3) is 5.91 Å². The van der Waals surface area contributed by atoms with E-state index in [2.05, 4.69) is 5.32 Å². The molecule has 0 aliphatic heterocycles. The predicted octanol–water partition coefficient (Wildman–Crippen LogP) is 2.03. The van der Waals surface area contributed by atoms with Crippen LogP contribution in [-0.4, -0.2) is 48.2 Å². The van der Waals surface area contributed by atoms with Gasteiger partial charge in [-0.3, -0.25) is 14.4 Å².